The smallest absolute Gasteiger partial charge is 0.126 e. The monoisotopic (exact) mass is 237 g/mol. The number of likely N-dealkylation sites (N-methyl/N-ethyl adjacent to an activating group) is 1. The molecule has 3 N–H and O–H groups in total. The van der Waals surface area contributed by atoms with E-state index in [1.54, 1.807) is 6.20 Å². The Morgan fingerprint density at radius 2 is 2.47 bits per heavy atom. The number of nitrogen functional groups attached to an aromatic ring is 1. The van der Waals surface area contributed by atoms with Crippen molar-refractivity contribution in [1.82, 2.24) is 10.3 Å². The largest absolute Gasteiger partial charge is 0.383 e. The molecule has 0 radical (unpaired) electrons. The zero-order chi connectivity index (χ0) is 12.1. The predicted octanol–water partition coefficient (Wildman–Crippen LogP) is 0.210. The quantitative estimate of drug-likeness (QED) is 0.783. The third-order valence-corrected chi connectivity index (χ3v) is 3.03. The van der Waals surface area contributed by atoms with Gasteiger partial charge in [-0.2, -0.15) is 0 Å². The van der Waals surface area contributed by atoms with E-state index in [0.29, 0.717) is 25.6 Å². The molecule has 2 rings (SSSR count). The summed E-state index contributed by atoms with van der Waals surface area (Å²) in [4.78, 5) is 4.09. The number of aromatic nitrogens is 1. The Hall–Kier alpha value is -1.17. The van der Waals surface area contributed by atoms with E-state index in [2.05, 4.69) is 10.3 Å². The average molecular weight is 237 g/mol. The lowest BCUT2D eigenvalue weighted by atomic mass is 10.0. The van der Waals surface area contributed by atoms with Gasteiger partial charge in [-0.15, -0.1) is 0 Å². The number of anilines is 1. The van der Waals surface area contributed by atoms with Crippen LogP contribution in [0.25, 0.3) is 0 Å². The summed E-state index contributed by atoms with van der Waals surface area (Å²) in [6.45, 7) is 1.97. The van der Waals surface area contributed by atoms with Crippen LogP contribution in [0.15, 0.2) is 18.3 Å². The molecule has 1 fully saturated rings. The first-order chi connectivity index (χ1) is 8.31. The van der Waals surface area contributed by atoms with Crippen molar-refractivity contribution in [2.75, 3.05) is 32.6 Å². The number of ether oxygens (including phenoxy) is 2. The summed E-state index contributed by atoms with van der Waals surface area (Å²) in [6.07, 6.45) is 2.57. The lowest BCUT2D eigenvalue weighted by molar-refractivity contribution is -0.100. The molecular formula is C12H19N3O2. The van der Waals surface area contributed by atoms with Gasteiger partial charge in [0, 0.05) is 12.2 Å². The third-order valence-electron chi connectivity index (χ3n) is 3.03. The molecule has 0 aliphatic carbocycles. The van der Waals surface area contributed by atoms with Gasteiger partial charge < -0.3 is 20.5 Å². The van der Waals surface area contributed by atoms with E-state index >= 15 is 0 Å². The van der Waals surface area contributed by atoms with Crippen LogP contribution in [0.4, 0.5) is 5.82 Å². The van der Waals surface area contributed by atoms with Crippen molar-refractivity contribution in [3.63, 3.8) is 0 Å². The number of nitrogens with one attached hydrogen (secondary N) is 1. The van der Waals surface area contributed by atoms with Crippen molar-refractivity contribution in [2.45, 2.75) is 18.6 Å². The van der Waals surface area contributed by atoms with Gasteiger partial charge in [0.05, 0.1) is 25.9 Å². The molecule has 0 bridgehead atoms. The molecule has 1 aliphatic heterocycles. The minimum Gasteiger partial charge on any atom is -0.383 e. The topological polar surface area (TPSA) is 69.4 Å². The standard InChI is InChI=1S/C12H19N3O2/c1-14-10(11-8-16-5-6-17-11)7-9-3-2-4-15-12(9)13/h2-4,10-11,14H,5-8H2,1H3,(H2,13,15). The first-order valence-corrected chi connectivity index (χ1v) is 5.87. The van der Waals surface area contributed by atoms with Crippen LogP contribution in [0.1, 0.15) is 5.56 Å². The minimum atomic E-state index is 0.0772. The Kier molecular flexibility index (Phi) is 4.30. The number of hydrogen-bond donors (Lipinski definition) is 2. The molecule has 0 aromatic carbocycles. The van der Waals surface area contributed by atoms with Crippen molar-refractivity contribution in [3.05, 3.63) is 23.9 Å². The predicted molar refractivity (Wildman–Crippen MR) is 65.8 cm³/mol. The van der Waals surface area contributed by atoms with Gasteiger partial charge in [-0.3, -0.25) is 0 Å². The van der Waals surface area contributed by atoms with Crippen LogP contribution in [0.2, 0.25) is 0 Å². The Labute approximate surface area is 101 Å². The van der Waals surface area contributed by atoms with E-state index in [1.165, 1.54) is 0 Å². The summed E-state index contributed by atoms with van der Waals surface area (Å²) in [5.74, 6) is 0.587. The molecule has 0 amide bonds. The highest BCUT2D eigenvalue weighted by molar-refractivity contribution is 5.39. The highest BCUT2D eigenvalue weighted by Gasteiger charge is 2.24. The summed E-state index contributed by atoms with van der Waals surface area (Å²) in [7, 11) is 1.93. The molecule has 2 unspecified atom stereocenters. The Morgan fingerprint density at radius 3 is 3.12 bits per heavy atom. The van der Waals surface area contributed by atoms with Gasteiger partial charge in [-0.1, -0.05) is 6.07 Å². The maximum atomic E-state index is 5.84. The maximum absolute atomic E-state index is 5.84. The van der Waals surface area contributed by atoms with E-state index in [-0.39, 0.29) is 12.1 Å². The van der Waals surface area contributed by atoms with Crippen molar-refractivity contribution in [2.24, 2.45) is 0 Å². The van der Waals surface area contributed by atoms with Gasteiger partial charge in [0.2, 0.25) is 0 Å². The molecule has 1 aromatic heterocycles. The van der Waals surface area contributed by atoms with Crippen LogP contribution in [-0.2, 0) is 15.9 Å². The summed E-state index contributed by atoms with van der Waals surface area (Å²) in [5.41, 5.74) is 6.88. The fraction of sp³-hybridized carbons (Fsp3) is 0.583. The van der Waals surface area contributed by atoms with Crippen LogP contribution in [0.3, 0.4) is 0 Å². The molecule has 0 saturated carbocycles. The molecular weight excluding hydrogens is 218 g/mol. The summed E-state index contributed by atoms with van der Waals surface area (Å²) in [5, 5.41) is 3.26. The lowest BCUT2D eigenvalue weighted by Gasteiger charge is -2.30. The summed E-state index contributed by atoms with van der Waals surface area (Å²) in [6, 6.07) is 4.09. The second-order valence-corrected chi connectivity index (χ2v) is 4.13. The summed E-state index contributed by atoms with van der Waals surface area (Å²) < 4.78 is 11.1. The zero-order valence-electron chi connectivity index (χ0n) is 10.1. The van der Waals surface area contributed by atoms with Crippen LogP contribution in [0, 0.1) is 0 Å². The van der Waals surface area contributed by atoms with E-state index in [4.69, 9.17) is 15.2 Å². The van der Waals surface area contributed by atoms with Crippen LogP contribution in [-0.4, -0.2) is 44.0 Å². The number of hydrogen-bond acceptors (Lipinski definition) is 5. The van der Waals surface area contributed by atoms with Gasteiger partial charge in [-0.05, 0) is 25.1 Å². The van der Waals surface area contributed by atoms with Gasteiger partial charge in [0.25, 0.3) is 0 Å². The lowest BCUT2D eigenvalue weighted by Crippen LogP contribution is -2.46. The van der Waals surface area contributed by atoms with Crippen molar-refractivity contribution < 1.29 is 9.47 Å². The zero-order valence-corrected chi connectivity index (χ0v) is 10.1. The van der Waals surface area contributed by atoms with Gasteiger partial charge in [0.1, 0.15) is 5.82 Å². The first-order valence-electron chi connectivity index (χ1n) is 5.87. The Bertz CT molecular complexity index is 353. The second kappa shape index (κ2) is 5.95. The summed E-state index contributed by atoms with van der Waals surface area (Å²) >= 11 is 0. The molecule has 94 valence electrons. The molecule has 17 heavy (non-hydrogen) atoms. The SMILES string of the molecule is CNC(Cc1cccnc1N)C1COCCO1. The van der Waals surface area contributed by atoms with Gasteiger partial charge in [0.15, 0.2) is 0 Å². The Morgan fingerprint density at radius 1 is 1.59 bits per heavy atom. The van der Waals surface area contributed by atoms with Gasteiger partial charge >= 0.3 is 0 Å². The highest BCUT2D eigenvalue weighted by Crippen LogP contribution is 2.14. The van der Waals surface area contributed by atoms with Crippen molar-refractivity contribution >= 4 is 5.82 Å². The maximum Gasteiger partial charge on any atom is 0.126 e. The molecule has 1 aromatic rings. The molecule has 2 atom stereocenters. The molecule has 5 nitrogen and oxygen atoms in total. The van der Waals surface area contributed by atoms with E-state index in [1.807, 2.05) is 19.2 Å². The van der Waals surface area contributed by atoms with E-state index < -0.39 is 0 Å². The fourth-order valence-corrected chi connectivity index (χ4v) is 2.02. The fourth-order valence-electron chi connectivity index (χ4n) is 2.02. The number of pyridine rings is 1. The van der Waals surface area contributed by atoms with E-state index in [0.717, 1.165) is 12.0 Å². The Balaban J connectivity index is 2.01. The van der Waals surface area contributed by atoms with Crippen LogP contribution < -0.4 is 11.1 Å². The van der Waals surface area contributed by atoms with Crippen molar-refractivity contribution in [1.29, 1.82) is 0 Å². The molecule has 5 heteroatoms. The third kappa shape index (κ3) is 3.15. The molecule has 1 saturated heterocycles. The van der Waals surface area contributed by atoms with E-state index in [9.17, 15) is 0 Å². The van der Waals surface area contributed by atoms with Crippen LogP contribution in [0.5, 0.6) is 0 Å². The molecule has 0 spiro atoms. The second-order valence-electron chi connectivity index (χ2n) is 4.13. The first kappa shape index (κ1) is 12.3. The normalized spacial score (nSPS) is 22.3. The number of nitrogens with two attached hydrogens (primary N) is 1. The number of nitrogens with zero attached hydrogens (tertiary/aromatic N) is 1. The molecule has 2 heterocycles. The van der Waals surface area contributed by atoms with Gasteiger partial charge in [-0.25, -0.2) is 4.98 Å². The van der Waals surface area contributed by atoms with Crippen molar-refractivity contribution in [3.8, 4) is 0 Å². The highest BCUT2D eigenvalue weighted by atomic mass is 16.6. The molecule has 1 aliphatic rings. The van der Waals surface area contributed by atoms with Crippen LogP contribution >= 0.6 is 0 Å². The minimum absolute atomic E-state index is 0.0772. The average Bonchev–Trinajstić information content (AvgIpc) is 2.39. The number of rotatable bonds is 4.